The fourth-order valence-corrected chi connectivity index (χ4v) is 11.9. The van der Waals surface area contributed by atoms with Gasteiger partial charge in [-0.25, -0.2) is 4.79 Å². The van der Waals surface area contributed by atoms with Gasteiger partial charge in [0.15, 0.2) is 0 Å². The van der Waals surface area contributed by atoms with Gasteiger partial charge in [-0.1, -0.05) is 50.2 Å². The van der Waals surface area contributed by atoms with Crippen LogP contribution in [0.15, 0.2) is 47.5 Å². The lowest BCUT2D eigenvalue weighted by atomic mass is 9.59. The molecule has 4 aliphatic carbocycles. The standard InChI is InChI=1S/C41H57N5O9S/c1-42-24-44-29(37(50)51)8-9-31(47)45-30(35(48)46-36(49)38(52)53)23-56-34-33-32-27(39(54)55-33)21-26(20-25-10-18-43-19-11-25)22-28(32)40(12-2-3-13-40)14-4-5-15-41(34)16-6-7-17-41/h10-11,18-19,21,27-30,34,36,42,44,49H,2-9,12-17,20,22-24H2,1H3,(H,45,47)(H,46,48)(H,50,51)(H,52,53)/t27-,28-,29+,30+,34?,36+/m1/s1. The van der Waals surface area contributed by atoms with Crippen molar-refractivity contribution < 1.29 is 44.0 Å². The normalized spacial score (nSPS) is 25.5. The van der Waals surface area contributed by atoms with Crippen molar-refractivity contribution in [2.75, 3.05) is 19.5 Å². The fraction of sp³-hybridized carbons (Fsp3) is 0.659. The van der Waals surface area contributed by atoms with Crippen molar-refractivity contribution in [2.24, 2.45) is 22.7 Å². The van der Waals surface area contributed by atoms with Crippen molar-refractivity contribution in [3.8, 4) is 0 Å². The van der Waals surface area contributed by atoms with E-state index in [2.05, 4.69) is 32.3 Å². The number of allylic oxidation sites excluding steroid dienone is 1. The van der Waals surface area contributed by atoms with Gasteiger partial charge in [-0.3, -0.25) is 29.5 Å². The van der Waals surface area contributed by atoms with E-state index in [0.717, 1.165) is 101 Å². The third kappa shape index (κ3) is 9.49. The number of aliphatic hydroxyl groups is 1. The number of pyridine rings is 1. The highest BCUT2D eigenvalue weighted by Gasteiger charge is 2.55. The molecule has 7 N–H and O–H groups in total. The minimum absolute atomic E-state index is 0.00856. The molecular weight excluding hydrogens is 739 g/mol. The molecule has 6 rings (SSSR count). The Bertz CT molecular complexity index is 1670. The van der Waals surface area contributed by atoms with Crippen LogP contribution in [0, 0.1) is 22.7 Å². The van der Waals surface area contributed by atoms with Crippen molar-refractivity contribution >= 4 is 41.5 Å². The molecule has 2 spiro atoms. The largest absolute Gasteiger partial charge is 0.480 e. The molecule has 0 aromatic carbocycles. The zero-order valence-electron chi connectivity index (χ0n) is 32.2. The second kappa shape index (κ2) is 18.6. The molecule has 56 heavy (non-hydrogen) atoms. The summed E-state index contributed by atoms with van der Waals surface area (Å²) in [6.07, 6.45) is 17.4. The third-order valence-electron chi connectivity index (χ3n) is 12.9. The molecule has 1 aliphatic heterocycles. The lowest BCUT2D eigenvalue weighted by Gasteiger charge is -2.45. The number of ether oxygens (including phenoxy) is 1. The number of nitrogens with one attached hydrogen (secondary N) is 4. The zero-order chi connectivity index (χ0) is 39.9. The molecule has 2 heterocycles. The van der Waals surface area contributed by atoms with E-state index in [1.54, 1.807) is 19.4 Å². The molecule has 5 aliphatic rings. The Balaban J connectivity index is 1.34. The van der Waals surface area contributed by atoms with E-state index < -0.39 is 48.0 Å². The summed E-state index contributed by atoms with van der Waals surface area (Å²) < 4.78 is 6.49. The number of esters is 1. The van der Waals surface area contributed by atoms with E-state index in [0.29, 0.717) is 5.76 Å². The Kier molecular flexibility index (Phi) is 13.9. The molecule has 2 amide bonds. The third-order valence-corrected chi connectivity index (χ3v) is 14.5. The van der Waals surface area contributed by atoms with Crippen molar-refractivity contribution in [3.05, 3.63) is 53.1 Å². The second-order valence-corrected chi connectivity index (χ2v) is 17.6. The molecule has 2 saturated carbocycles. The summed E-state index contributed by atoms with van der Waals surface area (Å²) in [4.78, 5) is 68.5. The van der Waals surface area contributed by atoms with E-state index >= 15 is 0 Å². The van der Waals surface area contributed by atoms with Gasteiger partial charge in [0.1, 0.15) is 23.8 Å². The van der Waals surface area contributed by atoms with Crippen LogP contribution < -0.4 is 21.3 Å². The van der Waals surface area contributed by atoms with E-state index in [1.807, 2.05) is 12.1 Å². The quantitative estimate of drug-likeness (QED) is 0.0721. The average molecular weight is 796 g/mol. The summed E-state index contributed by atoms with van der Waals surface area (Å²) in [5.41, 5.74) is 3.31. The minimum Gasteiger partial charge on any atom is -0.480 e. The first-order chi connectivity index (χ1) is 26.9. The molecule has 6 atom stereocenters. The minimum atomic E-state index is -2.19. The molecule has 1 unspecified atom stereocenters. The van der Waals surface area contributed by atoms with Crippen LogP contribution in [0.25, 0.3) is 0 Å². The lowest BCUT2D eigenvalue weighted by molar-refractivity contribution is -0.151. The zero-order valence-corrected chi connectivity index (χ0v) is 33.0. The number of carbonyl (C=O) groups is 5. The van der Waals surface area contributed by atoms with Crippen LogP contribution in [-0.4, -0.2) is 93.1 Å². The van der Waals surface area contributed by atoms with Gasteiger partial charge < -0.3 is 36.0 Å². The van der Waals surface area contributed by atoms with E-state index in [4.69, 9.17) is 4.74 Å². The van der Waals surface area contributed by atoms with Crippen LogP contribution in [0.5, 0.6) is 0 Å². The Morgan fingerprint density at radius 3 is 2.12 bits per heavy atom. The van der Waals surface area contributed by atoms with Gasteiger partial charge in [-0.05, 0) is 105 Å². The van der Waals surface area contributed by atoms with Crippen LogP contribution in [0.2, 0.25) is 0 Å². The summed E-state index contributed by atoms with van der Waals surface area (Å²) in [6.45, 7) is 0.212. The van der Waals surface area contributed by atoms with Gasteiger partial charge in [-0.15, -0.1) is 11.8 Å². The summed E-state index contributed by atoms with van der Waals surface area (Å²) in [5.74, 6) is -4.18. The SMILES string of the molecule is CNCN[C@@H](CCC(=O)N[C@@H](CSC1C2=C3[C@@H](C=C(Cc4ccncc4)C[C@H]3C3(CCCCC14CCCC4)CCCC3)C(=O)O2)C(=O)N[C@@H](O)C(=O)O)C(=O)O. The first-order valence-electron chi connectivity index (χ1n) is 20.2. The molecule has 1 aromatic rings. The number of aliphatic carboxylic acids is 2. The number of carboxylic acids is 2. The highest BCUT2D eigenvalue weighted by atomic mass is 32.2. The number of carbonyl (C=O) groups excluding carboxylic acids is 3. The number of nitrogens with zero attached hydrogens (tertiary/aromatic N) is 1. The number of hydrogen-bond donors (Lipinski definition) is 7. The van der Waals surface area contributed by atoms with Crippen molar-refractivity contribution in [2.45, 2.75) is 126 Å². The smallest absolute Gasteiger partial charge is 0.353 e. The molecule has 0 bridgehead atoms. The van der Waals surface area contributed by atoms with Gasteiger partial charge in [0, 0.05) is 31.2 Å². The Morgan fingerprint density at radius 2 is 1.54 bits per heavy atom. The van der Waals surface area contributed by atoms with Crippen LogP contribution in [-0.2, 0) is 35.1 Å². The van der Waals surface area contributed by atoms with Crippen molar-refractivity contribution in [1.29, 1.82) is 0 Å². The molecular formula is C41H57N5O9S. The summed E-state index contributed by atoms with van der Waals surface area (Å²) >= 11 is 1.46. The number of amides is 2. The highest BCUT2D eigenvalue weighted by Crippen LogP contribution is 2.62. The Hall–Kier alpha value is -3.79. The molecule has 306 valence electrons. The van der Waals surface area contributed by atoms with Crippen LogP contribution in [0.3, 0.4) is 0 Å². The van der Waals surface area contributed by atoms with E-state index in [-0.39, 0.29) is 53.2 Å². The topological polar surface area (TPSA) is 216 Å². The summed E-state index contributed by atoms with van der Waals surface area (Å²) in [5, 5.41) is 39.2. The van der Waals surface area contributed by atoms with E-state index in [1.165, 1.54) is 17.3 Å². The number of fused-ring (bicyclic) bond motifs is 1. The van der Waals surface area contributed by atoms with Gasteiger partial charge in [0.05, 0.1) is 5.25 Å². The number of hydrogen-bond acceptors (Lipinski definition) is 11. The maximum Gasteiger partial charge on any atom is 0.353 e. The van der Waals surface area contributed by atoms with Crippen LogP contribution >= 0.6 is 11.8 Å². The number of thioether (sulfide) groups is 1. The van der Waals surface area contributed by atoms with Gasteiger partial charge in [-0.2, -0.15) is 0 Å². The Labute approximate surface area is 332 Å². The maximum absolute atomic E-state index is 14.1. The second-order valence-electron chi connectivity index (χ2n) is 16.4. The predicted molar refractivity (Wildman–Crippen MR) is 209 cm³/mol. The van der Waals surface area contributed by atoms with Crippen LogP contribution in [0.1, 0.15) is 102 Å². The average Bonchev–Trinajstić information content (AvgIpc) is 3.93. The molecule has 14 nitrogen and oxygen atoms in total. The number of carboxylic acid groups (broad SMARTS) is 2. The molecule has 15 heteroatoms. The van der Waals surface area contributed by atoms with Gasteiger partial charge in [0.25, 0.3) is 0 Å². The first-order valence-corrected chi connectivity index (χ1v) is 21.3. The summed E-state index contributed by atoms with van der Waals surface area (Å²) in [7, 11) is 1.66. The van der Waals surface area contributed by atoms with Crippen molar-refractivity contribution in [3.63, 3.8) is 0 Å². The Morgan fingerprint density at radius 1 is 0.911 bits per heavy atom. The highest BCUT2D eigenvalue weighted by molar-refractivity contribution is 8.00. The monoisotopic (exact) mass is 795 g/mol. The molecule has 1 aromatic heterocycles. The number of aromatic nitrogens is 1. The summed E-state index contributed by atoms with van der Waals surface area (Å²) in [6, 6.07) is 1.76. The fourth-order valence-electron chi connectivity index (χ4n) is 10.2. The lowest BCUT2D eigenvalue weighted by Crippen LogP contribution is -2.53. The first kappa shape index (κ1) is 41.8. The maximum atomic E-state index is 14.1. The number of rotatable bonds is 16. The predicted octanol–water partition coefficient (Wildman–Crippen LogP) is 3.80. The molecule has 0 saturated heterocycles. The van der Waals surface area contributed by atoms with Gasteiger partial charge >= 0.3 is 17.9 Å². The molecule has 2 fully saturated rings. The van der Waals surface area contributed by atoms with E-state index in [9.17, 15) is 39.3 Å². The van der Waals surface area contributed by atoms with Crippen LogP contribution in [0.4, 0.5) is 0 Å². The van der Waals surface area contributed by atoms with Crippen molar-refractivity contribution in [1.82, 2.24) is 26.3 Å². The molecule has 0 radical (unpaired) electrons. The van der Waals surface area contributed by atoms with Gasteiger partial charge in [0.2, 0.25) is 18.0 Å². The number of aliphatic hydroxyl groups excluding tert-OH is 1.